The molecule has 0 aromatic rings. The van der Waals surface area contributed by atoms with E-state index in [9.17, 15) is 0 Å². The molecule has 0 saturated heterocycles. The first-order valence-corrected chi connectivity index (χ1v) is 3.74. The molecule has 0 spiro atoms. The first-order chi connectivity index (χ1) is 3.73. The second-order valence-electron chi connectivity index (χ2n) is 0.671. The van der Waals surface area contributed by atoms with E-state index in [0.29, 0.717) is 0 Å². The molecular formula is H2Na3O7PS. The molecule has 0 heterocycles. The van der Waals surface area contributed by atoms with Crippen LogP contribution in [0.2, 0.25) is 0 Å². The van der Waals surface area contributed by atoms with E-state index >= 15 is 0 Å². The minimum absolute atomic E-state index is 0. The maximum absolute atomic E-state index is 8.74. The van der Waals surface area contributed by atoms with Crippen LogP contribution in [0, 0.1) is 0 Å². The fourth-order valence-corrected chi connectivity index (χ4v) is 0. The molecule has 2 N–H and O–H groups in total. The van der Waals surface area contributed by atoms with Gasteiger partial charge in [0.1, 0.15) is 0 Å². The largest absolute Gasteiger partial charge is 1.00 e. The van der Waals surface area contributed by atoms with E-state index < -0.39 is 19.0 Å². The van der Waals surface area contributed by atoms with Crippen LogP contribution >= 0.6 is 8.60 Å². The van der Waals surface area contributed by atoms with Crippen LogP contribution < -0.4 is 103 Å². The first-order valence-electron chi connectivity index (χ1n) is 1.25. The molecule has 0 amide bonds. The second kappa shape index (κ2) is 16.6. The van der Waals surface area contributed by atoms with Crippen molar-refractivity contribution in [2.75, 3.05) is 0 Å². The molecule has 12 heteroatoms. The maximum Gasteiger partial charge on any atom is 1.00 e. The van der Waals surface area contributed by atoms with Crippen LogP contribution in [0.25, 0.3) is 0 Å². The fourth-order valence-electron chi connectivity index (χ4n) is 0. The van der Waals surface area contributed by atoms with E-state index in [1.807, 2.05) is 0 Å². The van der Waals surface area contributed by atoms with Crippen molar-refractivity contribution < 1.29 is 121 Å². The molecule has 0 radical (unpaired) electrons. The molecule has 0 atom stereocenters. The third kappa shape index (κ3) is 193. The number of rotatable bonds is 0. The molecule has 7 nitrogen and oxygen atoms in total. The zero-order valence-corrected chi connectivity index (χ0v) is 14.5. The molecule has 0 bridgehead atoms. The van der Waals surface area contributed by atoms with E-state index in [0.717, 1.165) is 0 Å². The van der Waals surface area contributed by atoms with Crippen molar-refractivity contribution in [3.63, 3.8) is 0 Å². The standard InChI is InChI=1S/3Na.H2O4S.O3P/c;;;1-5(2,3)4;1-4(2)3/h;;;(H2,1,2,3,4);/q3*+1;;-3. The summed E-state index contributed by atoms with van der Waals surface area (Å²) >= 11 is 0. The van der Waals surface area contributed by atoms with Gasteiger partial charge in [-0.1, -0.05) is 0 Å². The van der Waals surface area contributed by atoms with Crippen molar-refractivity contribution >= 4 is 19.0 Å². The normalized spacial score (nSPS) is 7.83. The average molecular weight is 246 g/mol. The van der Waals surface area contributed by atoms with Crippen LogP contribution in [0.5, 0.6) is 0 Å². The molecule has 12 heavy (non-hydrogen) atoms. The van der Waals surface area contributed by atoms with Gasteiger partial charge in [-0.2, -0.15) is 8.42 Å². The Morgan fingerprint density at radius 1 is 0.917 bits per heavy atom. The quantitative estimate of drug-likeness (QED) is 0.245. The van der Waals surface area contributed by atoms with Crippen LogP contribution in [0.3, 0.4) is 0 Å². The van der Waals surface area contributed by atoms with Gasteiger partial charge in [0, 0.05) is 0 Å². The van der Waals surface area contributed by atoms with Gasteiger partial charge in [-0.3, -0.25) is 9.11 Å². The Morgan fingerprint density at radius 3 is 0.917 bits per heavy atom. The van der Waals surface area contributed by atoms with Crippen molar-refractivity contribution in [1.29, 1.82) is 0 Å². The molecule has 0 aromatic heterocycles. The zero-order valence-electron chi connectivity index (χ0n) is 6.79. The molecule has 0 aliphatic heterocycles. The van der Waals surface area contributed by atoms with Gasteiger partial charge in [-0.25, -0.2) is 0 Å². The van der Waals surface area contributed by atoms with Crippen LogP contribution in [0.4, 0.5) is 0 Å². The zero-order chi connectivity index (χ0) is 8.08. The third-order valence-corrected chi connectivity index (χ3v) is 0. The second-order valence-corrected chi connectivity index (χ2v) is 2.01. The van der Waals surface area contributed by atoms with Crippen molar-refractivity contribution in [2.45, 2.75) is 0 Å². The molecule has 0 aromatic carbocycles. The van der Waals surface area contributed by atoms with E-state index in [1.54, 1.807) is 0 Å². The molecule has 0 fully saturated rings. The van der Waals surface area contributed by atoms with E-state index in [2.05, 4.69) is 0 Å². The predicted molar refractivity (Wildman–Crippen MR) is 21.1 cm³/mol. The van der Waals surface area contributed by atoms with Gasteiger partial charge < -0.3 is 23.3 Å². The summed E-state index contributed by atoms with van der Waals surface area (Å²) in [7, 11) is -8.04. The van der Waals surface area contributed by atoms with Gasteiger partial charge in [0.05, 0.1) is 0 Å². The Bertz CT molecular complexity index is 130. The van der Waals surface area contributed by atoms with Gasteiger partial charge in [-0.05, 0) is 0 Å². The summed E-state index contributed by atoms with van der Waals surface area (Å²) in [6.45, 7) is 0. The van der Waals surface area contributed by atoms with E-state index in [1.165, 1.54) is 0 Å². The predicted octanol–water partition coefficient (Wildman–Crippen LogP) is -12.3. The van der Waals surface area contributed by atoms with Gasteiger partial charge in [-0.15, -0.1) is 0 Å². The fraction of sp³-hybridized carbons (Fsp3) is 0. The SMILES string of the molecule is O=S(=O)(O)O.[Na+].[Na+].[Na+].[O-]P([O-])[O-]. The number of hydrogen-bond acceptors (Lipinski definition) is 5. The molecule has 58 valence electrons. The number of hydrogen-bond donors (Lipinski definition) is 2. The monoisotopic (exact) mass is 246 g/mol. The minimum atomic E-state index is -4.67. The summed E-state index contributed by atoms with van der Waals surface area (Å²) in [6.07, 6.45) is 0. The smallest absolute Gasteiger partial charge is 0.854 e. The molecule has 0 saturated carbocycles. The summed E-state index contributed by atoms with van der Waals surface area (Å²) in [5.41, 5.74) is 0. The average Bonchev–Trinajstić information content (AvgIpc) is 1.19. The maximum atomic E-state index is 8.74. The van der Waals surface area contributed by atoms with Crippen molar-refractivity contribution in [2.24, 2.45) is 0 Å². The Kier molecular flexibility index (Phi) is 40.8. The Morgan fingerprint density at radius 2 is 0.917 bits per heavy atom. The molecule has 0 aliphatic rings. The van der Waals surface area contributed by atoms with Crippen LogP contribution in [-0.2, 0) is 10.4 Å². The summed E-state index contributed by atoms with van der Waals surface area (Å²) in [5.74, 6) is 0. The van der Waals surface area contributed by atoms with Crippen LogP contribution in [0.15, 0.2) is 0 Å². The molecule has 0 aliphatic carbocycles. The topological polar surface area (TPSA) is 144 Å². The van der Waals surface area contributed by atoms with Gasteiger partial charge in [0.25, 0.3) is 0 Å². The van der Waals surface area contributed by atoms with E-state index in [4.69, 9.17) is 32.2 Å². The molecule has 0 unspecified atom stereocenters. The van der Waals surface area contributed by atoms with Gasteiger partial charge >= 0.3 is 99.1 Å². The van der Waals surface area contributed by atoms with Crippen LogP contribution in [0.1, 0.15) is 0 Å². The third-order valence-electron chi connectivity index (χ3n) is 0. The molecular weight excluding hydrogens is 244 g/mol. The summed E-state index contributed by atoms with van der Waals surface area (Å²) in [5, 5.41) is 0. The first kappa shape index (κ1) is 29.5. The summed E-state index contributed by atoms with van der Waals surface area (Å²) < 4.78 is 31.6. The Balaban J connectivity index is -0.0000000221. The van der Waals surface area contributed by atoms with Crippen molar-refractivity contribution in [1.82, 2.24) is 0 Å². The van der Waals surface area contributed by atoms with Crippen molar-refractivity contribution in [3.05, 3.63) is 0 Å². The van der Waals surface area contributed by atoms with E-state index in [-0.39, 0.29) is 88.7 Å². The summed E-state index contributed by atoms with van der Waals surface area (Å²) in [4.78, 5) is 25.4. The Hall–Kier alpha value is 3.18. The van der Waals surface area contributed by atoms with Crippen LogP contribution in [-0.4, -0.2) is 17.5 Å². The van der Waals surface area contributed by atoms with Gasteiger partial charge in [0.2, 0.25) is 0 Å². The van der Waals surface area contributed by atoms with Crippen molar-refractivity contribution in [3.8, 4) is 0 Å². The van der Waals surface area contributed by atoms with Gasteiger partial charge in [0.15, 0.2) is 0 Å². The Labute approximate surface area is 137 Å². The molecule has 0 rings (SSSR count). The minimum Gasteiger partial charge on any atom is -0.854 e. The summed E-state index contributed by atoms with van der Waals surface area (Å²) in [6, 6.07) is 0.